The average Bonchev–Trinajstić information content (AvgIpc) is 2.94. The lowest BCUT2D eigenvalue weighted by Gasteiger charge is -2.27. The number of carboxylic acid groups (broad SMARTS) is 1. The lowest BCUT2D eigenvalue weighted by molar-refractivity contribution is -0.142. The van der Waals surface area contributed by atoms with Gasteiger partial charge in [0.15, 0.2) is 0 Å². The molecule has 1 saturated heterocycles. The Bertz CT molecular complexity index is 397. The third kappa shape index (κ3) is 3.50. The highest BCUT2D eigenvalue weighted by Crippen LogP contribution is 2.20. The molecule has 0 aromatic carbocycles. The topological polar surface area (TPSA) is 78.9 Å². The van der Waals surface area contributed by atoms with Gasteiger partial charge >= 0.3 is 12.0 Å². The van der Waals surface area contributed by atoms with Gasteiger partial charge < -0.3 is 20.1 Å². The molecule has 2 aliphatic rings. The Balaban J connectivity index is 1.82. The fourth-order valence-electron chi connectivity index (χ4n) is 2.71. The maximum atomic E-state index is 12.1. The molecule has 0 aromatic rings. The minimum Gasteiger partial charge on any atom is -0.481 e. The van der Waals surface area contributed by atoms with Crippen molar-refractivity contribution < 1.29 is 19.4 Å². The van der Waals surface area contributed by atoms with Gasteiger partial charge in [-0.1, -0.05) is 12.2 Å². The first kappa shape index (κ1) is 14.8. The van der Waals surface area contributed by atoms with Gasteiger partial charge in [0, 0.05) is 13.6 Å². The van der Waals surface area contributed by atoms with Gasteiger partial charge in [0.25, 0.3) is 0 Å². The van der Waals surface area contributed by atoms with E-state index in [1.807, 2.05) is 0 Å². The standard InChI is InChI=1S/C14H22N2O4/c1-16(12-9-20-8-11(12)13(17)18)14(19)15-7-10-5-3-2-4-6-10/h2-3,10-12H,4-9H2,1H3,(H,15,19)(H,17,18). The van der Waals surface area contributed by atoms with Gasteiger partial charge in [0.1, 0.15) is 5.92 Å². The van der Waals surface area contributed by atoms with Crippen molar-refractivity contribution in [2.24, 2.45) is 11.8 Å². The van der Waals surface area contributed by atoms with Crippen LogP contribution in [0.15, 0.2) is 12.2 Å². The quantitative estimate of drug-likeness (QED) is 0.756. The monoisotopic (exact) mass is 282 g/mol. The van der Waals surface area contributed by atoms with Crippen LogP contribution in [0.1, 0.15) is 19.3 Å². The summed E-state index contributed by atoms with van der Waals surface area (Å²) in [5.74, 6) is -1.07. The van der Waals surface area contributed by atoms with Crippen molar-refractivity contribution in [1.29, 1.82) is 0 Å². The number of hydrogen-bond acceptors (Lipinski definition) is 3. The molecule has 1 aliphatic carbocycles. The molecule has 2 N–H and O–H groups in total. The van der Waals surface area contributed by atoms with Crippen LogP contribution in [0.4, 0.5) is 4.79 Å². The van der Waals surface area contributed by atoms with Crippen molar-refractivity contribution in [2.75, 3.05) is 26.8 Å². The van der Waals surface area contributed by atoms with E-state index in [1.54, 1.807) is 7.05 Å². The molecule has 3 atom stereocenters. The van der Waals surface area contributed by atoms with Crippen LogP contribution in [0, 0.1) is 11.8 Å². The fraction of sp³-hybridized carbons (Fsp3) is 0.714. The molecule has 2 rings (SSSR count). The predicted molar refractivity (Wildman–Crippen MR) is 73.4 cm³/mol. The Hall–Kier alpha value is -1.56. The molecule has 3 unspecified atom stereocenters. The maximum absolute atomic E-state index is 12.1. The summed E-state index contributed by atoms with van der Waals surface area (Å²) < 4.78 is 5.19. The summed E-state index contributed by atoms with van der Waals surface area (Å²) in [6, 6.07) is -0.611. The van der Waals surface area contributed by atoms with Crippen LogP contribution < -0.4 is 5.32 Å². The second-order valence-corrected chi connectivity index (χ2v) is 5.50. The third-order valence-electron chi connectivity index (χ3n) is 4.11. The normalized spacial score (nSPS) is 29.1. The zero-order valence-electron chi connectivity index (χ0n) is 11.7. The van der Waals surface area contributed by atoms with E-state index in [2.05, 4.69) is 17.5 Å². The van der Waals surface area contributed by atoms with Crippen LogP contribution in [0.2, 0.25) is 0 Å². The van der Waals surface area contributed by atoms with Crippen molar-refractivity contribution in [3.05, 3.63) is 12.2 Å². The summed E-state index contributed by atoms with van der Waals surface area (Å²) in [5, 5.41) is 12.0. The molecule has 1 heterocycles. The molecular formula is C14H22N2O4. The number of nitrogens with zero attached hydrogens (tertiary/aromatic N) is 1. The minimum atomic E-state index is -0.912. The molecule has 20 heavy (non-hydrogen) atoms. The van der Waals surface area contributed by atoms with Crippen molar-refractivity contribution in [2.45, 2.75) is 25.3 Å². The molecule has 0 radical (unpaired) electrons. The zero-order chi connectivity index (χ0) is 14.5. The molecule has 6 nitrogen and oxygen atoms in total. The summed E-state index contributed by atoms with van der Waals surface area (Å²) in [6.07, 6.45) is 7.46. The van der Waals surface area contributed by atoms with Gasteiger partial charge in [-0.25, -0.2) is 4.79 Å². The number of likely N-dealkylation sites (N-methyl/N-ethyl adjacent to an activating group) is 1. The number of urea groups is 1. The van der Waals surface area contributed by atoms with E-state index in [0.29, 0.717) is 12.5 Å². The van der Waals surface area contributed by atoms with Crippen LogP contribution in [-0.2, 0) is 9.53 Å². The molecule has 0 bridgehead atoms. The van der Waals surface area contributed by atoms with E-state index < -0.39 is 17.9 Å². The van der Waals surface area contributed by atoms with E-state index in [4.69, 9.17) is 9.84 Å². The summed E-state index contributed by atoms with van der Waals surface area (Å²) >= 11 is 0. The molecule has 1 fully saturated rings. The SMILES string of the molecule is CN(C(=O)NCC1CC=CCC1)C1COCC1C(=O)O. The van der Waals surface area contributed by atoms with Gasteiger partial charge in [0.05, 0.1) is 19.3 Å². The number of carbonyl (C=O) groups excluding carboxylic acids is 1. The first-order valence-electron chi connectivity index (χ1n) is 7.05. The Morgan fingerprint density at radius 1 is 1.40 bits per heavy atom. The molecular weight excluding hydrogens is 260 g/mol. The molecule has 0 aromatic heterocycles. The smallest absolute Gasteiger partial charge is 0.317 e. The summed E-state index contributed by atoms with van der Waals surface area (Å²) in [4.78, 5) is 24.7. The lowest BCUT2D eigenvalue weighted by Crippen LogP contribution is -2.49. The second-order valence-electron chi connectivity index (χ2n) is 5.50. The first-order valence-corrected chi connectivity index (χ1v) is 7.05. The number of nitrogens with one attached hydrogen (secondary N) is 1. The summed E-state index contributed by atoms with van der Waals surface area (Å²) in [5.41, 5.74) is 0. The number of ether oxygens (including phenoxy) is 1. The highest BCUT2D eigenvalue weighted by atomic mass is 16.5. The lowest BCUT2D eigenvalue weighted by atomic mass is 9.94. The van der Waals surface area contributed by atoms with E-state index in [-0.39, 0.29) is 19.2 Å². The highest BCUT2D eigenvalue weighted by Gasteiger charge is 2.38. The minimum absolute atomic E-state index is 0.172. The van der Waals surface area contributed by atoms with Crippen molar-refractivity contribution in [3.63, 3.8) is 0 Å². The molecule has 1 aliphatic heterocycles. The van der Waals surface area contributed by atoms with Gasteiger partial charge in [-0.05, 0) is 25.2 Å². The molecule has 0 saturated carbocycles. The molecule has 6 heteroatoms. The Kier molecular flexibility index (Phi) is 5.00. The maximum Gasteiger partial charge on any atom is 0.317 e. The van der Waals surface area contributed by atoms with Crippen molar-refractivity contribution >= 4 is 12.0 Å². The van der Waals surface area contributed by atoms with Crippen molar-refractivity contribution in [1.82, 2.24) is 10.2 Å². The summed E-state index contributed by atoms with van der Waals surface area (Å²) in [7, 11) is 1.63. The highest BCUT2D eigenvalue weighted by molar-refractivity contribution is 5.77. The van der Waals surface area contributed by atoms with Crippen LogP contribution in [0.3, 0.4) is 0 Å². The molecule has 0 spiro atoms. The number of allylic oxidation sites excluding steroid dienone is 2. The second kappa shape index (κ2) is 6.74. The fourth-order valence-corrected chi connectivity index (χ4v) is 2.71. The van der Waals surface area contributed by atoms with Crippen LogP contribution in [0.25, 0.3) is 0 Å². The van der Waals surface area contributed by atoms with Crippen LogP contribution in [-0.4, -0.2) is 54.9 Å². The van der Waals surface area contributed by atoms with Gasteiger partial charge in [-0.2, -0.15) is 0 Å². The number of carboxylic acids is 1. The number of hydrogen-bond donors (Lipinski definition) is 2. The van der Waals surface area contributed by atoms with E-state index >= 15 is 0 Å². The van der Waals surface area contributed by atoms with Crippen LogP contribution >= 0.6 is 0 Å². The Morgan fingerprint density at radius 3 is 2.85 bits per heavy atom. The van der Waals surface area contributed by atoms with Gasteiger partial charge in [-0.3, -0.25) is 4.79 Å². The van der Waals surface area contributed by atoms with E-state index in [9.17, 15) is 9.59 Å². The Labute approximate surface area is 118 Å². The average molecular weight is 282 g/mol. The predicted octanol–water partition coefficient (Wildman–Crippen LogP) is 1.08. The van der Waals surface area contributed by atoms with E-state index in [0.717, 1.165) is 19.3 Å². The first-order chi connectivity index (χ1) is 9.59. The Morgan fingerprint density at radius 2 is 2.20 bits per heavy atom. The zero-order valence-corrected chi connectivity index (χ0v) is 11.7. The number of aliphatic carboxylic acids is 1. The third-order valence-corrected chi connectivity index (χ3v) is 4.11. The summed E-state index contributed by atoms with van der Waals surface area (Å²) in [6.45, 7) is 1.09. The van der Waals surface area contributed by atoms with E-state index in [1.165, 1.54) is 4.90 Å². The molecule has 112 valence electrons. The number of carbonyl (C=O) groups is 2. The molecule has 2 amide bonds. The number of amides is 2. The largest absolute Gasteiger partial charge is 0.481 e. The van der Waals surface area contributed by atoms with Crippen molar-refractivity contribution in [3.8, 4) is 0 Å². The number of rotatable bonds is 4. The van der Waals surface area contributed by atoms with Gasteiger partial charge in [0.2, 0.25) is 0 Å². The van der Waals surface area contributed by atoms with Gasteiger partial charge in [-0.15, -0.1) is 0 Å². The van der Waals surface area contributed by atoms with Crippen LogP contribution in [0.5, 0.6) is 0 Å².